The summed E-state index contributed by atoms with van der Waals surface area (Å²) in [6.45, 7) is 0.606. The lowest BCUT2D eigenvalue weighted by molar-refractivity contribution is -0.122. The molecule has 8 heteroatoms. The van der Waals surface area contributed by atoms with Crippen LogP contribution in [0.2, 0.25) is 5.02 Å². The number of rotatable bonds is 5. The molecule has 6 nitrogen and oxygen atoms in total. The van der Waals surface area contributed by atoms with Crippen LogP contribution in [0.15, 0.2) is 53.3 Å². The number of nitrogens with one attached hydrogen (secondary N) is 2. The smallest absolute Gasteiger partial charge is 0.268 e. The molecule has 1 aliphatic rings. The van der Waals surface area contributed by atoms with Gasteiger partial charge in [-0.3, -0.25) is 9.59 Å². The molecular formula is C20H17ClFN3O3. The van der Waals surface area contributed by atoms with E-state index in [0.29, 0.717) is 40.7 Å². The molecule has 144 valence electrons. The molecule has 0 saturated carbocycles. The molecule has 0 spiro atoms. The zero-order valence-electron chi connectivity index (χ0n) is 14.7. The first-order valence-corrected chi connectivity index (χ1v) is 9.13. The van der Waals surface area contributed by atoms with Crippen LogP contribution in [-0.4, -0.2) is 22.9 Å². The fourth-order valence-corrected chi connectivity index (χ4v) is 3.46. The van der Waals surface area contributed by atoms with E-state index < -0.39 is 5.82 Å². The van der Waals surface area contributed by atoms with E-state index in [9.17, 15) is 14.0 Å². The zero-order chi connectivity index (χ0) is 19.7. The SMILES string of the molecule is O=C(CC1CNC(=O)c2cc(-c3cc(Cl)ccc3F)cn21)NCc1ccco1. The second-order valence-electron chi connectivity index (χ2n) is 6.57. The molecule has 3 aromatic rings. The van der Waals surface area contributed by atoms with Gasteiger partial charge in [0, 0.05) is 35.3 Å². The average Bonchev–Trinajstić information content (AvgIpc) is 3.34. The summed E-state index contributed by atoms with van der Waals surface area (Å²) < 4.78 is 21.1. The molecule has 28 heavy (non-hydrogen) atoms. The van der Waals surface area contributed by atoms with Crippen molar-refractivity contribution in [3.8, 4) is 11.1 Å². The van der Waals surface area contributed by atoms with Crippen molar-refractivity contribution in [1.82, 2.24) is 15.2 Å². The van der Waals surface area contributed by atoms with Crippen molar-refractivity contribution in [1.29, 1.82) is 0 Å². The Kier molecular flexibility index (Phi) is 4.92. The van der Waals surface area contributed by atoms with Gasteiger partial charge in [0.25, 0.3) is 5.91 Å². The van der Waals surface area contributed by atoms with E-state index >= 15 is 0 Å². The van der Waals surface area contributed by atoms with Gasteiger partial charge in [-0.2, -0.15) is 0 Å². The van der Waals surface area contributed by atoms with E-state index in [1.807, 2.05) is 0 Å². The van der Waals surface area contributed by atoms with E-state index in [-0.39, 0.29) is 24.3 Å². The lowest BCUT2D eigenvalue weighted by Crippen LogP contribution is -2.40. The molecular weight excluding hydrogens is 385 g/mol. The minimum Gasteiger partial charge on any atom is -0.467 e. The summed E-state index contributed by atoms with van der Waals surface area (Å²) in [6, 6.07) is 9.12. The van der Waals surface area contributed by atoms with Crippen LogP contribution in [0.4, 0.5) is 4.39 Å². The molecule has 0 saturated heterocycles. The number of nitrogens with zero attached hydrogens (tertiary/aromatic N) is 1. The van der Waals surface area contributed by atoms with Gasteiger partial charge in [-0.1, -0.05) is 11.6 Å². The largest absolute Gasteiger partial charge is 0.467 e. The van der Waals surface area contributed by atoms with Crippen molar-refractivity contribution < 1.29 is 18.4 Å². The van der Waals surface area contributed by atoms with Gasteiger partial charge in [-0.15, -0.1) is 0 Å². The molecule has 3 heterocycles. The third kappa shape index (κ3) is 3.66. The molecule has 0 fully saturated rings. The summed E-state index contributed by atoms with van der Waals surface area (Å²) >= 11 is 5.98. The lowest BCUT2D eigenvalue weighted by Gasteiger charge is -2.26. The van der Waals surface area contributed by atoms with Gasteiger partial charge in [-0.25, -0.2) is 4.39 Å². The average molecular weight is 402 g/mol. The van der Waals surface area contributed by atoms with Crippen LogP contribution < -0.4 is 10.6 Å². The second kappa shape index (κ2) is 7.52. The molecule has 1 unspecified atom stereocenters. The van der Waals surface area contributed by atoms with Crippen LogP contribution in [0.5, 0.6) is 0 Å². The van der Waals surface area contributed by atoms with Crippen LogP contribution in [0.3, 0.4) is 0 Å². The van der Waals surface area contributed by atoms with E-state index in [1.54, 1.807) is 35.2 Å². The minimum absolute atomic E-state index is 0.167. The summed E-state index contributed by atoms with van der Waals surface area (Å²) in [4.78, 5) is 24.5. The predicted molar refractivity (Wildman–Crippen MR) is 101 cm³/mol. The summed E-state index contributed by atoms with van der Waals surface area (Å²) in [6.07, 6.45) is 3.40. The fourth-order valence-electron chi connectivity index (χ4n) is 3.28. The Morgan fingerprint density at radius 1 is 1.36 bits per heavy atom. The van der Waals surface area contributed by atoms with Crippen molar-refractivity contribution >= 4 is 23.4 Å². The Hall–Kier alpha value is -3.06. The molecule has 0 aliphatic carbocycles. The first-order chi connectivity index (χ1) is 13.5. The number of hydrogen-bond acceptors (Lipinski definition) is 3. The normalized spacial score (nSPS) is 15.8. The lowest BCUT2D eigenvalue weighted by atomic mass is 10.1. The van der Waals surface area contributed by atoms with E-state index in [1.165, 1.54) is 18.2 Å². The van der Waals surface area contributed by atoms with Crippen LogP contribution in [0.25, 0.3) is 11.1 Å². The van der Waals surface area contributed by atoms with Gasteiger partial charge >= 0.3 is 0 Å². The number of amides is 2. The highest BCUT2D eigenvalue weighted by molar-refractivity contribution is 6.30. The maximum atomic E-state index is 14.2. The maximum absolute atomic E-state index is 14.2. The Morgan fingerprint density at radius 3 is 3.00 bits per heavy atom. The second-order valence-corrected chi connectivity index (χ2v) is 7.01. The standard InChI is InChI=1S/C20H17ClFN3O3/c21-13-3-4-17(22)16(7-13)12-6-18-20(27)24-9-14(25(18)11-12)8-19(26)23-10-15-2-1-5-28-15/h1-7,11,14H,8-10H2,(H,23,26)(H,24,27). The predicted octanol–water partition coefficient (Wildman–Crippen LogP) is 3.53. The number of furan rings is 1. The molecule has 0 bridgehead atoms. The maximum Gasteiger partial charge on any atom is 0.268 e. The highest BCUT2D eigenvalue weighted by atomic mass is 35.5. The first kappa shape index (κ1) is 18.3. The van der Waals surface area contributed by atoms with Crippen molar-refractivity contribution in [3.63, 3.8) is 0 Å². The van der Waals surface area contributed by atoms with E-state index in [0.717, 1.165) is 0 Å². The summed E-state index contributed by atoms with van der Waals surface area (Å²) in [5, 5.41) is 5.97. The third-order valence-electron chi connectivity index (χ3n) is 4.67. The Morgan fingerprint density at radius 2 is 2.21 bits per heavy atom. The van der Waals surface area contributed by atoms with Crippen molar-refractivity contribution in [2.75, 3.05) is 6.54 Å². The van der Waals surface area contributed by atoms with Gasteiger partial charge in [0.05, 0.1) is 18.8 Å². The Labute approximate surface area is 165 Å². The number of halogens is 2. The summed E-state index contributed by atoms with van der Waals surface area (Å²) in [5.41, 5.74) is 1.22. The Bertz CT molecular complexity index is 1030. The van der Waals surface area contributed by atoms with E-state index in [4.69, 9.17) is 16.0 Å². The quantitative estimate of drug-likeness (QED) is 0.686. The zero-order valence-corrected chi connectivity index (χ0v) is 15.5. The number of hydrogen-bond donors (Lipinski definition) is 2. The fraction of sp³-hybridized carbons (Fsp3) is 0.200. The van der Waals surface area contributed by atoms with Gasteiger partial charge in [-0.05, 0) is 36.4 Å². The number of aromatic nitrogens is 1. The van der Waals surface area contributed by atoms with Gasteiger partial charge in [0.15, 0.2) is 0 Å². The van der Waals surface area contributed by atoms with Gasteiger partial charge in [0.1, 0.15) is 17.3 Å². The van der Waals surface area contributed by atoms with Gasteiger partial charge < -0.3 is 19.6 Å². The van der Waals surface area contributed by atoms with Crippen LogP contribution >= 0.6 is 11.6 Å². The van der Waals surface area contributed by atoms with Crippen LogP contribution in [0.1, 0.15) is 28.7 Å². The summed E-state index contributed by atoms with van der Waals surface area (Å²) in [5.74, 6) is -0.209. The topological polar surface area (TPSA) is 76.3 Å². The van der Waals surface area contributed by atoms with Crippen molar-refractivity contribution in [2.24, 2.45) is 0 Å². The molecule has 1 atom stereocenters. The molecule has 2 aromatic heterocycles. The molecule has 4 rings (SSSR count). The van der Waals surface area contributed by atoms with Crippen molar-refractivity contribution in [2.45, 2.75) is 19.0 Å². The monoisotopic (exact) mass is 401 g/mol. The number of carbonyl (C=O) groups is 2. The molecule has 1 aromatic carbocycles. The number of fused-ring (bicyclic) bond motifs is 1. The molecule has 1 aliphatic heterocycles. The van der Waals surface area contributed by atoms with Crippen LogP contribution in [-0.2, 0) is 11.3 Å². The molecule has 2 N–H and O–H groups in total. The van der Waals surface area contributed by atoms with Crippen molar-refractivity contribution in [3.05, 3.63) is 71.2 Å². The van der Waals surface area contributed by atoms with Crippen LogP contribution in [0, 0.1) is 5.82 Å². The number of carbonyl (C=O) groups excluding carboxylic acids is 2. The highest BCUT2D eigenvalue weighted by Crippen LogP contribution is 2.31. The van der Waals surface area contributed by atoms with Gasteiger partial charge in [0.2, 0.25) is 5.91 Å². The first-order valence-electron chi connectivity index (χ1n) is 8.76. The number of benzene rings is 1. The third-order valence-corrected chi connectivity index (χ3v) is 4.91. The molecule has 2 amide bonds. The highest BCUT2D eigenvalue weighted by Gasteiger charge is 2.28. The molecule has 0 radical (unpaired) electrons. The minimum atomic E-state index is -0.430. The summed E-state index contributed by atoms with van der Waals surface area (Å²) in [7, 11) is 0. The Balaban J connectivity index is 1.55. The van der Waals surface area contributed by atoms with E-state index in [2.05, 4.69) is 10.6 Å².